The molecule has 0 saturated carbocycles. The molecule has 2 aromatic rings. The summed E-state index contributed by atoms with van der Waals surface area (Å²) in [6, 6.07) is 5.14. The lowest BCUT2D eigenvalue weighted by Crippen LogP contribution is -2.25. The van der Waals surface area contributed by atoms with E-state index in [9.17, 15) is 4.79 Å². The molecule has 8 heteroatoms. The number of nitrogens with zero attached hydrogens (tertiary/aromatic N) is 4. The van der Waals surface area contributed by atoms with Gasteiger partial charge >= 0.3 is 0 Å². The molecule has 0 aliphatic heterocycles. The molecular weight excluding hydrogens is 328 g/mol. The second-order valence-corrected chi connectivity index (χ2v) is 7.55. The van der Waals surface area contributed by atoms with Crippen molar-refractivity contribution < 1.29 is 14.3 Å². The summed E-state index contributed by atoms with van der Waals surface area (Å²) in [5, 5.41) is 12.0. The smallest absolute Gasteiger partial charge is 0.210 e. The average Bonchev–Trinajstić information content (AvgIpc) is 3.01. The largest absolute Gasteiger partial charge is 0.493 e. The van der Waals surface area contributed by atoms with Crippen molar-refractivity contribution in [2.24, 2.45) is 0 Å². The van der Waals surface area contributed by atoms with E-state index in [0.717, 1.165) is 0 Å². The maximum absolute atomic E-state index is 12.7. The Morgan fingerprint density at radius 3 is 2.46 bits per heavy atom. The fourth-order valence-electron chi connectivity index (χ4n) is 2.11. The first kappa shape index (κ1) is 18.3. The summed E-state index contributed by atoms with van der Waals surface area (Å²) in [6.45, 7) is 7.86. The molecule has 1 heterocycles. The summed E-state index contributed by atoms with van der Waals surface area (Å²) in [4.78, 5) is 12.7. The van der Waals surface area contributed by atoms with Gasteiger partial charge in [0.05, 0.1) is 25.0 Å². The molecule has 2 rings (SSSR count). The van der Waals surface area contributed by atoms with Crippen molar-refractivity contribution in [3.63, 3.8) is 0 Å². The maximum Gasteiger partial charge on any atom is 0.210 e. The number of ketones is 1. The number of benzene rings is 1. The predicted octanol–water partition coefficient (Wildman–Crippen LogP) is 2.81. The highest BCUT2D eigenvalue weighted by Gasteiger charge is 2.25. The van der Waals surface area contributed by atoms with Crippen LogP contribution in [0.1, 0.15) is 38.1 Å². The Kier molecular flexibility index (Phi) is 5.48. The van der Waals surface area contributed by atoms with Crippen LogP contribution in [0.25, 0.3) is 0 Å². The molecule has 0 saturated heterocycles. The van der Waals surface area contributed by atoms with E-state index in [2.05, 4.69) is 15.5 Å². The Labute approximate surface area is 145 Å². The number of Topliss-reactive ketones (excluding diaryl/α,β-unsaturated/α-hetero) is 1. The molecule has 0 unspecified atom stereocenters. The van der Waals surface area contributed by atoms with Gasteiger partial charge in [-0.15, -0.1) is 5.10 Å². The van der Waals surface area contributed by atoms with Crippen molar-refractivity contribution in [1.82, 2.24) is 20.2 Å². The van der Waals surface area contributed by atoms with Gasteiger partial charge in [0.1, 0.15) is 0 Å². The van der Waals surface area contributed by atoms with Gasteiger partial charge in [0.2, 0.25) is 5.16 Å². The first-order valence-electron chi connectivity index (χ1n) is 7.49. The van der Waals surface area contributed by atoms with Gasteiger partial charge in [0.25, 0.3) is 0 Å². The van der Waals surface area contributed by atoms with E-state index in [4.69, 9.17) is 9.47 Å². The number of rotatable bonds is 6. The number of thioether (sulfide) groups is 1. The van der Waals surface area contributed by atoms with E-state index in [-0.39, 0.29) is 16.6 Å². The fourth-order valence-corrected chi connectivity index (χ4v) is 3.16. The lowest BCUT2D eigenvalue weighted by Gasteiger charge is -2.20. The second-order valence-electron chi connectivity index (χ2n) is 6.24. The Morgan fingerprint density at radius 2 is 1.88 bits per heavy atom. The number of aromatic nitrogens is 4. The summed E-state index contributed by atoms with van der Waals surface area (Å²) >= 11 is 1.34. The molecule has 0 aliphatic carbocycles. The fraction of sp³-hybridized carbons (Fsp3) is 0.500. The Balaban J connectivity index is 2.20. The number of tetrazole rings is 1. The zero-order valence-electron chi connectivity index (χ0n) is 14.7. The number of carbonyl (C=O) groups is 1. The molecule has 0 radical (unpaired) electrons. The van der Waals surface area contributed by atoms with Gasteiger partial charge in [-0.05, 0) is 56.3 Å². The summed E-state index contributed by atoms with van der Waals surface area (Å²) < 4.78 is 12.2. The molecule has 24 heavy (non-hydrogen) atoms. The van der Waals surface area contributed by atoms with E-state index >= 15 is 0 Å². The van der Waals surface area contributed by atoms with Crippen LogP contribution in [0.2, 0.25) is 0 Å². The first-order valence-corrected chi connectivity index (χ1v) is 8.37. The Morgan fingerprint density at radius 1 is 1.21 bits per heavy atom. The van der Waals surface area contributed by atoms with E-state index in [1.54, 1.807) is 37.1 Å². The zero-order chi connectivity index (χ0) is 17.9. The molecule has 0 spiro atoms. The third-order valence-electron chi connectivity index (χ3n) is 3.40. The van der Waals surface area contributed by atoms with Crippen molar-refractivity contribution in [1.29, 1.82) is 0 Å². The summed E-state index contributed by atoms with van der Waals surface area (Å²) in [5.74, 6) is 1.09. The number of hydrogen-bond acceptors (Lipinski definition) is 7. The van der Waals surface area contributed by atoms with Crippen molar-refractivity contribution in [3.8, 4) is 11.5 Å². The Hall–Kier alpha value is -2.09. The molecule has 7 nitrogen and oxygen atoms in total. The molecule has 1 aromatic heterocycles. The quantitative estimate of drug-likeness (QED) is 0.585. The van der Waals surface area contributed by atoms with Crippen molar-refractivity contribution >= 4 is 17.5 Å². The average molecular weight is 350 g/mol. The summed E-state index contributed by atoms with van der Waals surface area (Å²) in [7, 11) is 3.10. The van der Waals surface area contributed by atoms with Gasteiger partial charge < -0.3 is 9.47 Å². The van der Waals surface area contributed by atoms with Crippen molar-refractivity contribution in [3.05, 3.63) is 23.8 Å². The minimum absolute atomic E-state index is 0.0237. The van der Waals surface area contributed by atoms with Gasteiger partial charge in [-0.3, -0.25) is 4.79 Å². The highest BCUT2D eigenvalue weighted by Crippen LogP contribution is 2.31. The maximum atomic E-state index is 12.7. The van der Waals surface area contributed by atoms with Crippen molar-refractivity contribution in [2.75, 3.05) is 14.2 Å². The minimum Gasteiger partial charge on any atom is -0.493 e. The second kappa shape index (κ2) is 7.21. The minimum atomic E-state index is -0.338. The van der Waals surface area contributed by atoms with E-state index in [1.807, 2.05) is 27.7 Å². The highest BCUT2D eigenvalue weighted by molar-refractivity contribution is 8.00. The number of carbonyl (C=O) groups excluding carboxylic acids is 1. The third kappa shape index (κ3) is 3.87. The normalized spacial score (nSPS) is 12.8. The van der Waals surface area contributed by atoms with Gasteiger partial charge in [-0.25, -0.2) is 4.68 Å². The van der Waals surface area contributed by atoms with Crippen LogP contribution in [0, 0.1) is 0 Å². The number of ether oxygens (including phenoxy) is 2. The highest BCUT2D eigenvalue weighted by atomic mass is 32.2. The van der Waals surface area contributed by atoms with Gasteiger partial charge in [-0.1, -0.05) is 11.8 Å². The standard InChI is InChI=1S/C16H22N4O3S/c1-10(24-15-17-18-19-20(15)16(2,3)4)14(21)11-7-8-12(22-5)13(9-11)23-6/h7-10H,1-6H3/t10-/m1/s1. The van der Waals surface area contributed by atoms with Crippen LogP contribution in [0.15, 0.2) is 23.4 Å². The SMILES string of the molecule is COc1ccc(C(=O)[C@@H](C)Sc2nnnn2C(C)(C)C)cc1OC. The molecule has 1 atom stereocenters. The van der Waals surface area contributed by atoms with Crippen LogP contribution in [0.3, 0.4) is 0 Å². The molecule has 1 aromatic carbocycles. The predicted molar refractivity (Wildman–Crippen MR) is 92.0 cm³/mol. The topological polar surface area (TPSA) is 79.1 Å². The molecule has 130 valence electrons. The summed E-state index contributed by atoms with van der Waals surface area (Å²) in [5.41, 5.74) is 0.306. The number of hydrogen-bond donors (Lipinski definition) is 0. The molecular formula is C16H22N4O3S. The van der Waals surface area contributed by atoms with Crippen LogP contribution in [0.4, 0.5) is 0 Å². The monoisotopic (exact) mass is 350 g/mol. The summed E-state index contributed by atoms with van der Waals surface area (Å²) in [6.07, 6.45) is 0. The van der Waals surface area contributed by atoms with Gasteiger partial charge in [0.15, 0.2) is 17.3 Å². The van der Waals surface area contributed by atoms with Crippen LogP contribution in [-0.2, 0) is 5.54 Å². The van der Waals surface area contributed by atoms with E-state index in [0.29, 0.717) is 22.2 Å². The Bertz CT molecular complexity index is 724. The molecule has 0 amide bonds. The van der Waals surface area contributed by atoms with E-state index < -0.39 is 0 Å². The van der Waals surface area contributed by atoms with E-state index in [1.165, 1.54) is 11.8 Å². The van der Waals surface area contributed by atoms with Crippen molar-refractivity contribution in [2.45, 2.75) is 43.6 Å². The van der Waals surface area contributed by atoms with Crippen LogP contribution in [0.5, 0.6) is 11.5 Å². The van der Waals surface area contributed by atoms with Gasteiger partial charge in [-0.2, -0.15) is 0 Å². The molecule has 0 fully saturated rings. The molecule has 0 bridgehead atoms. The lowest BCUT2D eigenvalue weighted by molar-refractivity contribution is 0.0993. The molecule has 0 aliphatic rings. The van der Waals surface area contributed by atoms with Crippen LogP contribution < -0.4 is 9.47 Å². The van der Waals surface area contributed by atoms with Crippen LogP contribution in [-0.4, -0.2) is 45.5 Å². The van der Waals surface area contributed by atoms with Crippen LogP contribution >= 0.6 is 11.8 Å². The van der Waals surface area contributed by atoms with Gasteiger partial charge in [0, 0.05) is 5.56 Å². The molecule has 0 N–H and O–H groups in total. The lowest BCUT2D eigenvalue weighted by atomic mass is 10.1. The third-order valence-corrected chi connectivity index (χ3v) is 4.43. The number of methoxy groups -OCH3 is 2. The zero-order valence-corrected chi connectivity index (χ0v) is 15.5. The first-order chi connectivity index (χ1) is 11.3.